The van der Waals surface area contributed by atoms with Crippen molar-refractivity contribution >= 4 is 12.2 Å². The lowest BCUT2D eigenvalue weighted by molar-refractivity contribution is 0.620. The van der Waals surface area contributed by atoms with Crippen molar-refractivity contribution in [3.8, 4) is 11.8 Å². The fourth-order valence-corrected chi connectivity index (χ4v) is 1.29. The maximum absolute atomic E-state index is 13.2. The van der Waals surface area contributed by atoms with E-state index >= 15 is 0 Å². The van der Waals surface area contributed by atoms with Gasteiger partial charge < -0.3 is 0 Å². The van der Waals surface area contributed by atoms with Crippen LogP contribution in [0.4, 0.5) is 4.39 Å². The number of hydrogen-bond donors (Lipinski definition) is 1. The fraction of sp³-hybridized carbons (Fsp3) is 0. The third-order valence-corrected chi connectivity index (χ3v) is 2.07. The predicted octanol–water partition coefficient (Wildman–Crippen LogP) is 1.34. The van der Waals surface area contributed by atoms with Gasteiger partial charge in [0, 0.05) is 6.07 Å². The van der Waals surface area contributed by atoms with Crippen LogP contribution in [0, 0.1) is 21.9 Å². The Morgan fingerprint density at radius 2 is 2.33 bits per heavy atom. The highest BCUT2D eigenvalue weighted by molar-refractivity contribution is 7.71. The van der Waals surface area contributed by atoms with Crippen LogP contribution in [0.15, 0.2) is 18.2 Å². The standard InChI is InChI=1S/C8H4FN5S/c9-7-3-6(2-1-5(7)4-10)14-8(15)11-12-13-14/h1-3H,(H,11,13,15). The molecule has 0 aliphatic heterocycles. The summed E-state index contributed by atoms with van der Waals surface area (Å²) in [5.41, 5.74) is 0.430. The molecule has 0 fully saturated rings. The van der Waals surface area contributed by atoms with E-state index in [9.17, 15) is 4.39 Å². The third-order valence-electron chi connectivity index (χ3n) is 1.80. The van der Waals surface area contributed by atoms with E-state index < -0.39 is 5.82 Å². The van der Waals surface area contributed by atoms with E-state index in [0.29, 0.717) is 5.69 Å². The summed E-state index contributed by atoms with van der Waals surface area (Å²) in [5, 5.41) is 18.0. The second-order valence-corrected chi connectivity index (χ2v) is 3.06. The Labute approximate surface area is 88.8 Å². The molecule has 0 atom stereocenters. The molecule has 74 valence electrons. The first kappa shape index (κ1) is 9.48. The number of halogens is 1. The monoisotopic (exact) mass is 221 g/mol. The fourth-order valence-electron chi connectivity index (χ4n) is 1.10. The van der Waals surface area contributed by atoms with E-state index in [2.05, 4.69) is 15.5 Å². The Hall–Kier alpha value is -2.07. The molecule has 0 unspecified atom stereocenters. The molecule has 0 amide bonds. The molecule has 0 saturated heterocycles. The second-order valence-electron chi connectivity index (χ2n) is 2.69. The first-order valence-corrected chi connectivity index (χ1v) is 4.33. The highest BCUT2D eigenvalue weighted by atomic mass is 32.1. The minimum absolute atomic E-state index is 0.0160. The van der Waals surface area contributed by atoms with Gasteiger partial charge in [-0.1, -0.05) is 10.3 Å². The van der Waals surface area contributed by atoms with Crippen molar-refractivity contribution in [2.75, 3.05) is 0 Å². The Balaban J connectivity index is 2.58. The zero-order valence-electron chi connectivity index (χ0n) is 7.31. The van der Waals surface area contributed by atoms with E-state index in [-0.39, 0.29) is 10.3 Å². The van der Waals surface area contributed by atoms with Crippen molar-refractivity contribution in [1.82, 2.24) is 20.2 Å². The lowest BCUT2D eigenvalue weighted by Gasteiger charge is -2.00. The highest BCUT2D eigenvalue weighted by Crippen LogP contribution is 2.12. The van der Waals surface area contributed by atoms with Crippen molar-refractivity contribution in [2.24, 2.45) is 0 Å². The van der Waals surface area contributed by atoms with Crippen LogP contribution in [0.2, 0.25) is 0 Å². The Kier molecular flexibility index (Phi) is 2.27. The van der Waals surface area contributed by atoms with E-state index in [4.69, 9.17) is 17.5 Å². The Morgan fingerprint density at radius 1 is 1.53 bits per heavy atom. The van der Waals surface area contributed by atoms with Gasteiger partial charge in [0.1, 0.15) is 11.9 Å². The Bertz CT molecular complexity index is 594. The van der Waals surface area contributed by atoms with Gasteiger partial charge in [-0.05, 0) is 24.4 Å². The number of aromatic nitrogens is 4. The number of nitrogens with zero attached hydrogens (tertiary/aromatic N) is 4. The normalized spacial score (nSPS) is 9.87. The molecule has 0 bridgehead atoms. The molecule has 0 aliphatic rings. The molecule has 0 radical (unpaired) electrons. The van der Waals surface area contributed by atoms with Crippen LogP contribution in [-0.4, -0.2) is 20.2 Å². The van der Waals surface area contributed by atoms with Crippen molar-refractivity contribution in [1.29, 1.82) is 5.26 Å². The van der Waals surface area contributed by atoms with Gasteiger partial charge in [0.05, 0.1) is 11.3 Å². The SMILES string of the molecule is N#Cc1ccc(-n2[nH]nnc2=S)cc1F. The predicted molar refractivity (Wildman–Crippen MR) is 51.2 cm³/mol. The number of aromatic amines is 1. The average molecular weight is 221 g/mol. The summed E-state index contributed by atoms with van der Waals surface area (Å²) in [6.07, 6.45) is 0. The summed E-state index contributed by atoms with van der Waals surface area (Å²) in [6.45, 7) is 0. The van der Waals surface area contributed by atoms with Crippen LogP contribution in [0.3, 0.4) is 0 Å². The maximum atomic E-state index is 13.2. The average Bonchev–Trinajstić information content (AvgIpc) is 2.64. The van der Waals surface area contributed by atoms with Crippen LogP contribution in [0.25, 0.3) is 5.69 Å². The minimum atomic E-state index is -0.605. The first-order chi connectivity index (χ1) is 7.22. The van der Waals surface area contributed by atoms with Crippen LogP contribution in [-0.2, 0) is 0 Å². The summed E-state index contributed by atoms with van der Waals surface area (Å²) >= 11 is 4.84. The molecule has 1 aromatic carbocycles. The van der Waals surface area contributed by atoms with Crippen molar-refractivity contribution in [3.63, 3.8) is 0 Å². The quantitative estimate of drug-likeness (QED) is 0.737. The van der Waals surface area contributed by atoms with E-state index in [1.165, 1.54) is 16.8 Å². The second kappa shape index (κ2) is 3.59. The minimum Gasteiger partial charge on any atom is -0.209 e. The van der Waals surface area contributed by atoms with E-state index in [0.717, 1.165) is 0 Å². The summed E-state index contributed by atoms with van der Waals surface area (Å²) in [5.74, 6) is -0.605. The summed E-state index contributed by atoms with van der Waals surface area (Å²) in [4.78, 5) is 0. The molecule has 2 aromatic rings. The lowest BCUT2D eigenvalue weighted by Crippen LogP contribution is -1.98. The molecule has 1 N–H and O–H groups in total. The van der Waals surface area contributed by atoms with Gasteiger partial charge in [0.2, 0.25) is 4.77 Å². The number of H-pyrrole nitrogens is 1. The molecule has 7 heteroatoms. The topological polar surface area (TPSA) is 70.3 Å². The highest BCUT2D eigenvalue weighted by Gasteiger charge is 2.05. The molecular weight excluding hydrogens is 217 g/mol. The number of rotatable bonds is 1. The van der Waals surface area contributed by atoms with Gasteiger partial charge in [-0.25, -0.2) is 9.07 Å². The molecule has 5 nitrogen and oxygen atoms in total. The number of nitriles is 1. The smallest absolute Gasteiger partial charge is 0.209 e. The molecule has 0 saturated carbocycles. The number of hydrogen-bond acceptors (Lipinski definition) is 4. The largest absolute Gasteiger partial charge is 0.242 e. The first-order valence-electron chi connectivity index (χ1n) is 3.92. The summed E-state index contributed by atoms with van der Waals surface area (Å²) in [7, 11) is 0. The van der Waals surface area contributed by atoms with Crippen molar-refractivity contribution < 1.29 is 4.39 Å². The number of nitrogens with one attached hydrogen (secondary N) is 1. The Morgan fingerprint density at radius 3 is 2.87 bits per heavy atom. The zero-order chi connectivity index (χ0) is 10.8. The molecule has 2 rings (SSSR count). The van der Waals surface area contributed by atoms with Gasteiger partial charge in [-0.2, -0.15) is 10.5 Å². The van der Waals surface area contributed by atoms with Gasteiger partial charge in [-0.3, -0.25) is 0 Å². The molecule has 0 spiro atoms. The zero-order valence-corrected chi connectivity index (χ0v) is 8.12. The molecule has 1 heterocycles. The van der Waals surface area contributed by atoms with E-state index in [1.807, 2.05) is 0 Å². The van der Waals surface area contributed by atoms with Gasteiger partial charge in [0.25, 0.3) is 0 Å². The summed E-state index contributed by atoms with van der Waals surface area (Å²) < 4.78 is 14.8. The molecule has 0 aliphatic carbocycles. The van der Waals surface area contributed by atoms with Crippen LogP contribution >= 0.6 is 12.2 Å². The van der Waals surface area contributed by atoms with E-state index in [1.54, 1.807) is 12.1 Å². The van der Waals surface area contributed by atoms with Gasteiger partial charge >= 0.3 is 0 Å². The van der Waals surface area contributed by atoms with Crippen LogP contribution in [0.5, 0.6) is 0 Å². The maximum Gasteiger partial charge on any atom is 0.242 e. The lowest BCUT2D eigenvalue weighted by atomic mass is 10.2. The van der Waals surface area contributed by atoms with Crippen LogP contribution < -0.4 is 0 Å². The van der Waals surface area contributed by atoms with Crippen molar-refractivity contribution in [2.45, 2.75) is 0 Å². The molecule has 15 heavy (non-hydrogen) atoms. The number of tetrazole rings is 1. The van der Waals surface area contributed by atoms with Gasteiger partial charge in [-0.15, -0.1) is 0 Å². The number of benzene rings is 1. The van der Waals surface area contributed by atoms with Crippen LogP contribution in [0.1, 0.15) is 5.56 Å². The molecule has 1 aromatic heterocycles. The third kappa shape index (κ3) is 1.62. The van der Waals surface area contributed by atoms with Gasteiger partial charge in [0.15, 0.2) is 0 Å². The van der Waals surface area contributed by atoms with Crippen molar-refractivity contribution in [3.05, 3.63) is 34.4 Å². The summed E-state index contributed by atoms with van der Waals surface area (Å²) in [6, 6.07) is 5.84. The molecular formula is C8H4FN5S.